The Morgan fingerprint density at radius 2 is 1.57 bits per heavy atom. The molecule has 4 saturated heterocycles. The molecule has 1 unspecified atom stereocenters. The van der Waals surface area contributed by atoms with Crippen molar-refractivity contribution in [1.82, 2.24) is 4.90 Å². The van der Waals surface area contributed by atoms with Crippen molar-refractivity contribution in [3.63, 3.8) is 0 Å². The Morgan fingerprint density at radius 3 is 2.20 bits per heavy atom. The monoisotopic (exact) mass is 483 g/mol. The number of piperidine rings is 4. The van der Waals surface area contributed by atoms with Crippen LogP contribution < -0.4 is 0 Å². The van der Waals surface area contributed by atoms with Gasteiger partial charge in [-0.25, -0.2) is 13.6 Å². The molecule has 6 rings (SSSR count). The average Bonchev–Trinajstić information content (AvgIpc) is 2.87. The van der Waals surface area contributed by atoms with E-state index in [1.54, 1.807) is 0 Å². The van der Waals surface area contributed by atoms with Crippen LogP contribution in [-0.2, 0) is 9.53 Å². The molecule has 2 aromatic carbocycles. The molecule has 2 aromatic rings. The van der Waals surface area contributed by atoms with Crippen LogP contribution in [0.4, 0.5) is 8.78 Å². The lowest BCUT2D eigenvalue weighted by Crippen LogP contribution is -2.66. The molecule has 0 spiro atoms. The minimum Gasteiger partial charge on any atom is -0.455 e. The van der Waals surface area contributed by atoms with Crippen molar-refractivity contribution in [1.29, 1.82) is 0 Å². The molecule has 2 atom stereocenters. The predicted molar refractivity (Wildman–Crippen MR) is 128 cm³/mol. The van der Waals surface area contributed by atoms with Crippen molar-refractivity contribution in [3.8, 4) is 0 Å². The molecule has 7 heteroatoms. The lowest BCUT2D eigenvalue weighted by Gasteiger charge is -2.51. The van der Waals surface area contributed by atoms with Gasteiger partial charge < -0.3 is 9.22 Å². The van der Waals surface area contributed by atoms with E-state index in [2.05, 4.69) is 0 Å². The van der Waals surface area contributed by atoms with Crippen LogP contribution in [0.25, 0.3) is 0 Å². The maximum Gasteiger partial charge on any atom is 0.328 e. The molecule has 2 bridgehead atoms. The molecule has 4 aliphatic heterocycles. The number of carbonyl (C=O) groups is 2. The lowest BCUT2D eigenvalue weighted by molar-refractivity contribution is -0.938. The number of rotatable bonds is 7. The first kappa shape index (κ1) is 24.1. The second-order valence-corrected chi connectivity index (χ2v) is 10.4. The van der Waals surface area contributed by atoms with Crippen LogP contribution in [-0.4, -0.2) is 72.4 Å². The number of quaternary nitrogens is 1. The molecule has 5 nitrogen and oxygen atoms in total. The van der Waals surface area contributed by atoms with Crippen LogP contribution in [0, 0.1) is 5.92 Å². The number of alkyl halides is 2. The minimum absolute atomic E-state index is 0.118. The van der Waals surface area contributed by atoms with Gasteiger partial charge in [-0.2, -0.15) is 0 Å². The van der Waals surface area contributed by atoms with Gasteiger partial charge in [0.1, 0.15) is 19.1 Å². The van der Waals surface area contributed by atoms with E-state index in [1.807, 2.05) is 65.6 Å². The Labute approximate surface area is 205 Å². The molecule has 186 valence electrons. The molecular weight excluding hydrogens is 450 g/mol. The summed E-state index contributed by atoms with van der Waals surface area (Å²) < 4.78 is 34.4. The standard InChI is InChI=1S/C28H33F2N2O3/c29-28(30)13-15-31(16-14-28)26(23-9-5-2-6-10-23)27(34)35-25-20-32(17-11-22(25)12-18-32)19-24(33)21-7-3-1-4-8-21/h1-10,22,25-26H,11-20H2/q+1/t22?,25-,26?,32?/m0/s1. The number of esters is 1. The molecule has 0 aromatic heterocycles. The number of nitrogens with zero attached hydrogens (tertiary/aromatic N) is 2. The third-order valence-corrected chi connectivity index (χ3v) is 8.12. The first-order valence-corrected chi connectivity index (χ1v) is 12.6. The maximum atomic E-state index is 13.8. The van der Waals surface area contributed by atoms with Gasteiger partial charge in [0.15, 0.2) is 6.10 Å². The molecular formula is C28H33F2N2O3+. The van der Waals surface area contributed by atoms with E-state index in [9.17, 15) is 18.4 Å². The zero-order valence-corrected chi connectivity index (χ0v) is 20.0. The molecule has 0 saturated carbocycles. The van der Waals surface area contributed by atoms with Gasteiger partial charge in [0.05, 0.1) is 13.1 Å². The zero-order valence-electron chi connectivity index (χ0n) is 20.0. The summed E-state index contributed by atoms with van der Waals surface area (Å²) in [5.74, 6) is -2.65. The summed E-state index contributed by atoms with van der Waals surface area (Å²) in [6.07, 6.45) is 1.08. The minimum atomic E-state index is -2.68. The summed E-state index contributed by atoms with van der Waals surface area (Å²) in [5, 5.41) is 0. The van der Waals surface area contributed by atoms with Crippen LogP contribution in [0.2, 0.25) is 0 Å². The highest BCUT2D eigenvalue weighted by Gasteiger charge is 2.49. The summed E-state index contributed by atoms with van der Waals surface area (Å²) in [6, 6.07) is 18.0. The van der Waals surface area contributed by atoms with Gasteiger partial charge in [0.2, 0.25) is 5.78 Å². The Kier molecular flexibility index (Phi) is 6.73. The first-order chi connectivity index (χ1) is 16.8. The highest BCUT2D eigenvalue weighted by atomic mass is 19.3. The van der Waals surface area contributed by atoms with Crippen molar-refractivity contribution in [2.75, 3.05) is 39.3 Å². The Bertz CT molecular complexity index is 1030. The fourth-order valence-electron chi connectivity index (χ4n) is 6.05. The molecule has 0 amide bonds. The van der Waals surface area contributed by atoms with Crippen LogP contribution >= 0.6 is 0 Å². The highest BCUT2D eigenvalue weighted by molar-refractivity contribution is 5.97. The number of halogens is 2. The van der Waals surface area contributed by atoms with Crippen LogP contribution in [0.3, 0.4) is 0 Å². The van der Waals surface area contributed by atoms with Crippen molar-refractivity contribution >= 4 is 11.8 Å². The van der Waals surface area contributed by atoms with Crippen molar-refractivity contribution in [3.05, 3.63) is 71.8 Å². The number of ketones is 1. The normalized spacial score (nSPS) is 28.9. The molecule has 35 heavy (non-hydrogen) atoms. The molecule has 4 fully saturated rings. The summed E-state index contributed by atoms with van der Waals surface area (Å²) in [6.45, 7) is 3.19. The number of hydrogen-bond acceptors (Lipinski definition) is 4. The van der Waals surface area contributed by atoms with E-state index in [0.29, 0.717) is 23.1 Å². The van der Waals surface area contributed by atoms with E-state index < -0.39 is 12.0 Å². The van der Waals surface area contributed by atoms with Crippen molar-refractivity contribution in [2.45, 2.75) is 43.8 Å². The van der Waals surface area contributed by atoms with Gasteiger partial charge in [0, 0.05) is 50.3 Å². The number of likely N-dealkylation sites (tertiary alicyclic amines) is 1. The van der Waals surface area contributed by atoms with Gasteiger partial charge >= 0.3 is 5.97 Å². The van der Waals surface area contributed by atoms with E-state index in [1.165, 1.54) is 0 Å². The van der Waals surface area contributed by atoms with E-state index in [0.717, 1.165) is 31.5 Å². The first-order valence-electron chi connectivity index (χ1n) is 12.6. The van der Waals surface area contributed by atoms with Crippen molar-refractivity contribution < 1.29 is 27.6 Å². The molecule has 0 radical (unpaired) electrons. The van der Waals surface area contributed by atoms with Gasteiger partial charge in [-0.15, -0.1) is 0 Å². The zero-order chi connectivity index (χ0) is 24.5. The molecule has 0 aliphatic carbocycles. The Hall–Kier alpha value is -2.64. The fourth-order valence-corrected chi connectivity index (χ4v) is 6.05. The van der Waals surface area contributed by atoms with Gasteiger partial charge in [-0.1, -0.05) is 60.7 Å². The Balaban J connectivity index is 1.30. The number of ether oxygens (including phenoxy) is 1. The fraction of sp³-hybridized carbons (Fsp3) is 0.500. The highest BCUT2D eigenvalue weighted by Crippen LogP contribution is 2.38. The summed E-state index contributed by atoms with van der Waals surface area (Å²) in [7, 11) is 0. The van der Waals surface area contributed by atoms with E-state index >= 15 is 0 Å². The molecule has 4 heterocycles. The quantitative estimate of drug-likeness (QED) is 0.331. The van der Waals surface area contributed by atoms with Crippen molar-refractivity contribution in [2.24, 2.45) is 5.92 Å². The summed E-state index contributed by atoms with van der Waals surface area (Å²) >= 11 is 0. The summed E-state index contributed by atoms with van der Waals surface area (Å²) in [4.78, 5) is 28.4. The SMILES string of the molecule is O=C(C[N+]12CCC(CC1)[C@@H](OC(=O)C(c1ccccc1)N1CCC(F)(F)CC1)C2)c1ccccc1. The Morgan fingerprint density at radius 1 is 0.971 bits per heavy atom. The van der Waals surface area contributed by atoms with Crippen LogP contribution in [0.1, 0.15) is 47.6 Å². The smallest absolute Gasteiger partial charge is 0.328 e. The average molecular weight is 484 g/mol. The summed E-state index contributed by atoms with van der Waals surface area (Å²) in [5.41, 5.74) is 1.49. The second kappa shape index (κ2) is 9.78. The van der Waals surface area contributed by atoms with Crippen LogP contribution in [0.5, 0.6) is 0 Å². The third kappa shape index (κ3) is 5.31. The molecule has 4 aliphatic rings. The van der Waals surface area contributed by atoms with Crippen LogP contribution in [0.15, 0.2) is 60.7 Å². The number of benzene rings is 2. The molecule has 0 N–H and O–H groups in total. The van der Waals surface area contributed by atoms with Gasteiger partial charge in [-0.3, -0.25) is 9.69 Å². The number of fused-ring (bicyclic) bond motifs is 3. The number of hydrogen-bond donors (Lipinski definition) is 0. The predicted octanol–water partition coefficient (Wildman–Crippen LogP) is 4.49. The lowest BCUT2D eigenvalue weighted by atomic mass is 9.82. The van der Waals surface area contributed by atoms with E-state index in [4.69, 9.17) is 4.74 Å². The topological polar surface area (TPSA) is 46.6 Å². The number of Topliss-reactive ketones (excluding diaryl/α,β-unsaturated/α-hetero) is 1. The maximum absolute atomic E-state index is 13.8. The largest absolute Gasteiger partial charge is 0.455 e. The third-order valence-electron chi connectivity index (χ3n) is 8.12. The second-order valence-electron chi connectivity index (χ2n) is 10.4. The number of carbonyl (C=O) groups excluding carboxylic acids is 2. The van der Waals surface area contributed by atoms with Gasteiger partial charge in [0.25, 0.3) is 5.92 Å². The van der Waals surface area contributed by atoms with E-state index in [-0.39, 0.29) is 49.7 Å². The van der Waals surface area contributed by atoms with Gasteiger partial charge in [-0.05, 0) is 5.56 Å².